The van der Waals surface area contributed by atoms with Crippen LogP contribution in [-0.4, -0.2) is 83.3 Å². The topological polar surface area (TPSA) is 84.9 Å². The smallest absolute Gasteiger partial charge is 0.275 e. The van der Waals surface area contributed by atoms with E-state index in [9.17, 15) is 9.59 Å². The van der Waals surface area contributed by atoms with Gasteiger partial charge in [-0.05, 0) is 11.5 Å². The molecule has 3 rings (SSSR count). The second-order valence-electron chi connectivity index (χ2n) is 5.29. The Labute approximate surface area is 125 Å². The molecular weight excluding hydrogens is 296 g/mol. The molecule has 2 saturated heterocycles. The number of rotatable bonds is 1. The first-order valence-electron chi connectivity index (χ1n) is 6.62. The van der Waals surface area contributed by atoms with Crippen LogP contribution in [0.25, 0.3) is 0 Å². The van der Waals surface area contributed by atoms with E-state index < -0.39 is 5.60 Å². The zero-order valence-corrected chi connectivity index (χ0v) is 12.5. The van der Waals surface area contributed by atoms with Crippen LogP contribution in [0.15, 0.2) is 5.38 Å². The van der Waals surface area contributed by atoms with Gasteiger partial charge in [-0.15, -0.1) is 5.10 Å². The second kappa shape index (κ2) is 5.66. The van der Waals surface area contributed by atoms with E-state index in [0.717, 1.165) is 11.5 Å². The number of carbonyl (C=O) groups is 2. The second-order valence-corrected chi connectivity index (χ2v) is 5.90. The van der Waals surface area contributed by atoms with E-state index in [1.165, 1.54) is 0 Å². The fourth-order valence-corrected chi connectivity index (χ4v) is 3.00. The summed E-state index contributed by atoms with van der Waals surface area (Å²) in [4.78, 5) is 27.3. The van der Waals surface area contributed by atoms with E-state index in [2.05, 4.69) is 9.59 Å². The molecule has 1 atom stereocenters. The summed E-state index contributed by atoms with van der Waals surface area (Å²) in [5.74, 6) is -0.247. The minimum atomic E-state index is -0.668. The third kappa shape index (κ3) is 2.89. The van der Waals surface area contributed by atoms with Crippen molar-refractivity contribution in [2.75, 3.05) is 46.5 Å². The molecule has 1 aromatic rings. The number of hydrogen-bond donors (Lipinski definition) is 0. The van der Waals surface area contributed by atoms with Crippen LogP contribution < -0.4 is 0 Å². The summed E-state index contributed by atoms with van der Waals surface area (Å²) in [6.07, 6.45) is 0. The van der Waals surface area contributed by atoms with Crippen molar-refractivity contribution in [3.63, 3.8) is 0 Å². The summed E-state index contributed by atoms with van der Waals surface area (Å²) >= 11 is 1.14. The lowest BCUT2D eigenvalue weighted by Gasteiger charge is -2.41. The SMILES string of the molecule is CN1CC2(COCCN(C(=O)c3csnn3)C2)OCC1=O. The van der Waals surface area contributed by atoms with Crippen LogP contribution in [0.3, 0.4) is 0 Å². The fourth-order valence-electron chi connectivity index (χ4n) is 2.57. The Bertz CT molecular complexity index is 537. The van der Waals surface area contributed by atoms with Crippen molar-refractivity contribution < 1.29 is 19.1 Å². The Morgan fingerprint density at radius 1 is 1.48 bits per heavy atom. The summed E-state index contributed by atoms with van der Waals surface area (Å²) in [7, 11) is 1.73. The first kappa shape index (κ1) is 14.4. The van der Waals surface area contributed by atoms with E-state index >= 15 is 0 Å². The van der Waals surface area contributed by atoms with E-state index in [0.29, 0.717) is 38.5 Å². The number of nitrogens with zero attached hydrogens (tertiary/aromatic N) is 4. The van der Waals surface area contributed by atoms with Crippen LogP contribution in [0.4, 0.5) is 0 Å². The molecule has 0 saturated carbocycles. The summed E-state index contributed by atoms with van der Waals surface area (Å²) in [6, 6.07) is 0. The van der Waals surface area contributed by atoms with Gasteiger partial charge in [0.2, 0.25) is 5.91 Å². The molecule has 0 aliphatic carbocycles. The van der Waals surface area contributed by atoms with Gasteiger partial charge in [0.05, 0.1) is 26.3 Å². The Morgan fingerprint density at radius 2 is 2.33 bits per heavy atom. The van der Waals surface area contributed by atoms with Gasteiger partial charge < -0.3 is 19.3 Å². The van der Waals surface area contributed by atoms with Crippen LogP contribution in [0.5, 0.6) is 0 Å². The van der Waals surface area contributed by atoms with Gasteiger partial charge in [0.15, 0.2) is 5.69 Å². The van der Waals surface area contributed by atoms with Crippen LogP contribution in [-0.2, 0) is 14.3 Å². The number of hydrogen-bond acceptors (Lipinski definition) is 7. The molecular formula is C12H16N4O4S. The summed E-state index contributed by atoms with van der Waals surface area (Å²) in [6.45, 7) is 2.07. The molecule has 0 N–H and O–H groups in total. The third-order valence-electron chi connectivity index (χ3n) is 3.67. The Morgan fingerprint density at radius 3 is 3.05 bits per heavy atom. The first-order valence-corrected chi connectivity index (χ1v) is 7.45. The number of likely N-dealkylation sites (N-methyl/N-ethyl adjacent to an activating group) is 1. The molecule has 0 bridgehead atoms. The van der Waals surface area contributed by atoms with Crippen molar-refractivity contribution in [1.29, 1.82) is 0 Å². The summed E-state index contributed by atoms with van der Waals surface area (Å²) in [5.41, 5.74) is -0.338. The van der Waals surface area contributed by atoms with Gasteiger partial charge in [0.25, 0.3) is 5.91 Å². The lowest BCUT2D eigenvalue weighted by Crippen LogP contribution is -2.60. The van der Waals surface area contributed by atoms with Gasteiger partial charge in [-0.1, -0.05) is 4.49 Å². The van der Waals surface area contributed by atoms with Crippen LogP contribution in [0.2, 0.25) is 0 Å². The van der Waals surface area contributed by atoms with E-state index in [-0.39, 0.29) is 18.4 Å². The monoisotopic (exact) mass is 312 g/mol. The first-order chi connectivity index (χ1) is 10.1. The van der Waals surface area contributed by atoms with Crippen LogP contribution in [0, 0.1) is 0 Å². The predicted molar refractivity (Wildman–Crippen MR) is 73.0 cm³/mol. The average Bonchev–Trinajstić information content (AvgIpc) is 2.93. The van der Waals surface area contributed by atoms with E-state index in [4.69, 9.17) is 9.47 Å². The van der Waals surface area contributed by atoms with Crippen LogP contribution >= 0.6 is 11.5 Å². The van der Waals surface area contributed by atoms with Gasteiger partial charge in [-0.3, -0.25) is 9.59 Å². The quantitative estimate of drug-likeness (QED) is 0.677. The van der Waals surface area contributed by atoms with Gasteiger partial charge >= 0.3 is 0 Å². The predicted octanol–water partition coefficient (Wildman–Crippen LogP) is -0.762. The highest BCUT2D eigenvalue weighted by molar-refractivity contribution is 7.03. The molecule has 2 aliphatic heterocycles. The minimum Gasteiger partial charge on any atom is -0.376 e. The van der Waals surface area contributed by atoms with E-state index in [1.54, 1.807) is 22.2 Å². The normalized spacial score (nSPS) is 27.0. The zero-order chi connectivity index (χ0) is 14.9. The Balaban J connectivity index is 1.77. The highest BCUT2D eigenvalue weighted by atomic mass is 32.1. The van der Waals surface area contributed by atoms with Crippen molar-refractivity contribution in [2.45, 2.75) is 5.60 Å². The zero-order valence-electron chi connectivity index (χ0n) is 11.7. The summed E-state index contributed by atoms with van der Waals surface area (Å²) in [5, 5.41) is 5.44. The molecule has 2 amide bonds. The van der Waals surface area contributed by atoms with Crippen molar-refractivity contribution in [1.82, 2.24) is 19.4 Å². The van der Waals surface area contributed by atoms with Crippen molar-refractivity contribution in [3.05, 3.63) is 11.1 Å². The lowest BCUT2D eigenvalue weighted by molar-refractivity contribution is -0.169. The molecule has 0 aromatic carbocycles. The van der Waals surface area contributed by atoms with Gasteiger partial charge in [0.1, 0.15) is 12.2 Å². The number of morpholine rings is 1. The molecule has 1 aromatic heterocycles. The molecule has 3 heterocycles. The maximum absolute atomic E-state index is 12.4. The lowest BCUT2D eigenvalue weighted by atomic mass is 10.0. The standard InChI is InChI=1S/C12H16N4O4S/c1-15-6-12(20-4-10(15)17)7-16(2-3-19-8-12)11(18)9-5-21-14-13-9/h5H,2-4,6-8H2,1H3. The molecule has 0 radical (unpaired) electrons. The molecule has 2 aliphatic rings. The molecule has 21 heavy (non-hydrogen) atoms. The number of amides is 2. The van der Waals surface area contributed by atoms with Gasteiger partial charge in [-0.25, -0.2) is 0 Å². The van der Waals surface area contributed by atoms with Gasteiger partial charge in [0, 0.05) is 19.0 Å². The number of carbonyl (C=O) groups excluding carboxylic acids is 2. The third-order valence-corrected chi connectivity index (χ3v) is 4.17. The molecule has 114 valence electrons. The van der Waals surface area contributed by atoms with Crippen molar-refractivity contribution >= 4 is 23.3 Å². The molecule has 9 heteroatoms. The van der Waals surface area contributed by atoms with Crippen molar-refractivity contribution in [3.8, 4) is 0 Å². The maximum Gasteiger partial charge on any atom is 0.275 e. The largest absolute Gasteiger partial charge is 0.376 e. The maximum atomic E-state index is 12.4. The van der Waals surface area contributed by atoms with E-state index in [1.807, 2.05) is 0 Å². The minimum absolute atomic E-state index is 0.0140. The molecule has 8 nitrogen and oxygen atoms in total. The highest BCUT2D eigenvalue weighted by Gasteiger charge is 2.43. The number of ether oxygens (including phenoxy) is 2. The molecule has 1 spiro atoms. The Hall–Kier alpha value is -1.58. The van der Waals surface area contributed by atoms with Gasteiger partial charge in [-0.2, -0.15) is 0 Å². The average molecular weight is 312 g/mol. The summed E-state index contributed by atoms with van der Waals surface area (Å²) < 4.78 is 15.0. The Kier molecular flexibility index (Phi) is 3.87. The van der Waals surface area contributed by atoms with Crippen LogP contribution in [0.1, 0.15) is 10.5 Å². The van der Waals surface area contributed by atoms with Crippen molar-refractivity contribution in [2.24, 2.45) is 0 Å². The number of aromatic nitrogens is 2. The highest BCUT2D eigenvalue weighted by Crippen LogP contribution is 2.23. The molecule has 2 fully saturated rings. The molecule has 1 unspecified atom stereocenters. The fraction of sp³-hybridized carbons (Fsp3) is 0.667.